The van der Waals surface area contributed by atoms with E-state index >= 15 is 0 Å². The lowest BCUT2D eigenvalue weighted by molar-refractivity contribution is 0.824. The Kier molecular flexibility index (Phi) is 3.84. The third-order valence-corrected chi connectivity index (χ3v) is 1.10. The lowest BCUT2D eigenvalue weighted by atomic mass is 10.3. The van der Waals surface area contributed by atoms with Gasteiger partial charge in [-0.15, -0.1) is 0 Å². The third-order valence-electron chi connectivity index (χ3n) is 0.883. The molecule has 0 fully saturated rings. The lowest BCUT2D eigenvalue weighted by Crippen LogP contribution is -1.75. The van der Waals surface area contributed by atoms with E-state index in [1.807, 2.05) is 30.3 Å². The van der Waals surface area contributed by atoms with Gasteiger partial charge in [0.05, 0.1) is 0 Å². The first-order valence-corrected chi connectivity index (χ1v) is 2.73. The van der Waals surface area contributed by atoms with Crippen molar-refractivity contribution in [2.75, 3.05) is 4.84 Å². The first-order valence-electron chi connectivity index (χ1n) is 2.35. The Morgan fingerprint density at radius 3 is 2.00 bits per heavy atom. The van der Waals surface area contributed by atoms with Crippen molar-refractivity contribution in [1.29, 1.82) is 0 Å². The van der Waals surface area contributed by atoms with Crippen LogP contribution in [-0.2, 0) is 0 Å². The van der Waals surface area contributed by atoms with Gasteiger partial charge in [0.15, 0.2) is 0 Å². The molecule has 0 aliphatic heterocycles. The highest BCUT2D eigenvalue weighted by atomic mass is 35.5. The van der Waals surface area contributed by atoms with Crippen LogP contribution < -0.4 is 4.84 Å². The normalized spacial score (nSPS) is 7.67. The van der Waals surface area contributed by atoms with Gasteiger partial charge in [-0.25, -0.2) is 0 Å². The molecule has 0 spiro atoms. The number of hydrogen-bond donors (Lipinski definition) is 1. The molecule has 0 amide bonds. The SMILES string of the molecule is ClNc1ccccc1.O. The summed E-state index contributed by atoms with van der Waals surface area (Å²) in [6.07, 6.45) is 0. The second-order valence-electron chi connectivity index (χ2n) is 1.46. The van der Waals surface area contributed by atoms with Crippen LogP contribution in [0.1, 0.15) is 0 Å². The van der Waals surface area contributed by atoms with Crippen molar-refractivity contribution in [2.24, 2.45) is 0 Å². The fourth-order valence-corrected chi connectivity index (χ4v) is 0.627. The number of anilines is 1. The molecule has 0 saturated carbocycles. The van der Waals surface area contributed by atoms with Gasteiger partial charge in [-0.2, -0.15) is 0 Å². The van der Waals surface area contributed by atoms with E-state index < -0.39 is 0 Å². The zero-order valence-corrected chi connectivity index (χ0v) is 5.52. The summed E-state index contributed by atoms with van der Waals surface area (Å²) >= 11 is 5.28. The Morgan fingerprint density at radius 1 is 1.11 bits per heavy atom. The number of rotatable bonds is 1. The quantitative estimate of drug-likeness (QED) is 0.597. The molecule has 9 heavy (non-hydrogen) atoms. The molecule has 0 heterocycles. The topological polar surface area (TPSA) is 43.5 Å². The van der Waals surface area contributed by atoms with E-state index in [0.717, 1.165) is 5.69 Å². The maximum atomic E-state index is 5.28. The Hall–Kier alpha value is -0.730. The van der Waals surface area contributed by atoms with Crippen LogP contribution in [0.5, 0.6) is 0 Å². The van der Waals surface area contributed by atoms with E-state index in [0.29, 0.717) is 0 Å². The second-order valence-corrected chi connectivity index (χ2v) is 1.65. The van der Waals surface area contributed by atoms with Crippen molar-refractivity contribution in [3.05, 3.63) is 30.3 Å². The van der Waals surface area contributed by atoms with E-state index in [9.17, 15) is 0 Å². The van der Waals surface area contributed by atoms with Gasteiger partial charge in [0, 0.05) is 17.5 Å². The van der Waals surface area contributed by atoms with Crippen molar-refractivity contribution in [2.45, 2.75) is 0 Å². The minimum Gasteiger partial charge on any atom is -0.412 e. The molecular formula is C6H8ClNO. The Balaban J connectivity index is 0.000000640. The van der Waals surface area contributed by atoms with E-state index in [2.05, 4.69) is 4.84 Å². The molecule has 1 aromatic rings. The molecular weight excluding hydrogens is 138 g/mol. The van der Waals surface area contributed by atoms with Gasteiger partial charge in [-0.05, 0) is 12.1 Å². The fourth-order valence-electron chi connectivity index (χ4n) is 0.501. The number of para-hydroxylation sites is 1. The maximum absolute atomic E-state index is 5.28. The number of nitrogens with one attached hydrogen (secondary N) is 1. The fraction of sp³-hybridized carbons (Fsp3) is 0. The van der Waals surface area contributed by atoms with Gasteiger partial charge < -0.3 is 5.48 Å². The highest BCUT2D eigenvalue weighted by molar-refractivity contribution is 6.23. The summed E-state index contributed by atoms with van der Waals surface area (Å²) < 4.78 is 0. The number of halogens is 1. The zero-order valence-electron chi connectivity index (χ0n) is 4.76. The van der Waals surface area contributed by atoms with Gasteiger partial charge in [0.2, 0.25) is 0 Å². The highest BCUT2D eigenvalue weighted by Crippen LogP contribution is 2.04. The Bertz CT molecular complexity index is 154. The Morgan fingerprint density at radius 2 is 1.67 bits per heavy atom. The Labute approximate surface area is 58.9 Å². The van der Waals surface area contributed by atoms with E-state index in [1.165, 1.54) is 0 Å². The molecule has 0 radical (unpaired) electrons. The first-order chi connectivity index (χ1) is 3.93. The minimum atomic E-state index is 0. The van der Waals surface area contributed by atoms with Gasteiger partial charge in [-0.3, -0.25) is 4.84 Å². The smallest absolute Gasteiger partial charge is 0.0491 e. The van der Waals surface area contributed by atoms with Crippen LogP contribution >= 0.6 is 11.8 Å². The minimum absolute atomic E-state index is 0. The van der Waals surface area contributed by atoms with Gasteiger partial charge in [-0.1, -0.05) is 18.2 Å². The van der Waals surface area contributed by atoms with E-state index in [-0.39, 0.29) is 5.48 Å². The molecule has 3 heteroatoms. The average molecular weight is 146 g/mol. The lowest BCUT2D eigenvalue weighted by Gasteiger charge is -1.91. The van der Waals surface area contributed by atoms with Crippen LogP contribution in [0.15, 0.2) is 30.3 Å². The molecule has 0 saturated heterocycles. The van der Waals surface area contributed by atoms with Crippen LogP contribution in [-0.4, -0.2) is 5.48 Å². The largest absolute Gasteiger partial charge is 0.412 e. The van der Waals surface area contributed by atoms with Crippen molar-refractivity contribution in [1.82, 2.24) is 0 Å². The van der Waals surface area contributed by atoms with E-state index in [4.69, 9.17) is 11.8 Å². The monoisotopic (exact) mass is 145 g/mol. The number of benzene rings is 1. The summed E-state index contributed by atoms with van der Waals surface area (Å²) in [6.45, 7) is 0. The molecule has 0 unspecified atom stereocenters. The van der Waals surface area contributed by atoms with Crippen molar-refractivity contribution < 1.29 is 5.48 Å². The van der Waals surface area contributed by atoms with Crippen LogP contribution in [0.4, 0.5) is 5.69 Å². The molecule has 0 aliphatic rings. The molecule has 0 atom stereocenters. The molecule has 50 valence electrons. The summed E-state index contributed by atoms with van der Waals surface area (Å²) in [4.78, 5) is 2.50. The standard InChI is InChI=1S/C6H6ClN.H2O/c7-8-6-4-2-1-3-5-6;/h1-5,8H;1H2. The summed E-state index contributed by atoms with van der Waals surface area (Å²) in [5.41, 5.74) is 0.925. The second kappa shape index (κ2) is 4.18. The molecule has 1 rings (SSSR count). The van der Waals surface area contributed by atoms with E-state index in [1.54, 1.807) is 0 Å². The maximum Gasteiger partial charge on any atom is 0.0491 e. The van der Waals surface area contributed by atoms with Crippen molar-refractivity contribution in [3.63, 3.8) is 0 Å². The molecule has 0 bridgehead atoms. The number of hydrogen-bond acceptors (Lipinski definition) is 1. The predicted octanol–water partition coefficient (Wildman–Crippen LogP) is 1.43. The van der Waals surface area contributed by atoms with Gasteiger partial charge in [0.1, 0.15) is 0 Å². The van der Waals surface area contributed by atoms with Crippen molar-refractivity contribution in [3.8, 4) is 0 Å². The van der Waals surface area contributed by atoms with Crippen LogP contribution in [0.3, 0.4) is 0 Å². The molecule has 3 N–H and O–H groups in total. The summed E-state index contributed by atoms with van der Waals surface area (Å²) in [6, 6.07) is 9.58. The molecule has 0 aliphatic carbocycles. The van der Waals surface area contributed by atoms with Crippen molar-refractivity contribution >= 4 is 17.5 Å². The summed E-state index contributed by atoms with van der Waals surface area (Å²) in [5, 5.41) is 0. The molecule has 0 aromatic heterocycles. The molecule has 2 nitrogen and oxygen atoms in total. The average Bonchev–Trinajstić information content (AvgIpc) is 1.90. The molecule has 1 aromatic carbocycles. The summed E-state index contributed by atoms with van der Waals surface area (Å²) in [7, 11) is 0. The van der Waals surface area contributed by atoms with Crippen LogP contribution in [0, 0.1) is 0 Å². The predicted molar refractivity (Wildman–Crippen MR) is 39.5 cm³/mol. The van der Waals surface area contributed by atoms with Crippen LogP contribution in [0.2, 0.25) is 0 Å². The zero-order chi connectivity index (χ0) is 5.82. The van der Waals surface area contributed by atoms with Gasteiger partial charge in [0.25, 0.3) is 0 Å². The first kappa shape index (κ1) is 8.27. The van der Waals surface area contributed by atoms with Gasteiger partial charge >= 0.3 is 0 Å². The highest BCUT2D eigenvalue weighted by Gasteiger charge is 1.79. The third kappa shape index (κ3) is 2.35. The van der Waals surface area contributed by atoms with Crippen LogP contribution in [0.25, 0.3) is 0 Å². The summed E-state index contributed by atoms with van der Waals surface area (Å²) in [5.74, 6) is 0.